The number of carbonyl (C=O) groups excluding carboxylic acids is 6. The van der Waals surface area contributed by atoms with E-state index in [2.05, 4.69) is 21.3 Å². The third-order valence-corrected chi connectivity index (χ3v) is 13.2. The highest BCUT2D eigenvalue weighted by atomic mass is 19.1. The summed E-state index contributed by atoms with van der Waals surface area (Å²) in [6.45, 7) is 6.08. The van der Waals surface area contributed by atoms with Crippen molar-refractivity contribution in [2.45, 2.75) is 91.6 Å². The zero-order chi connectivity index (χ0) is 50.7. The molecule has 4 N–H and O–H groups in total. The highest BCUT2D eigenvalue weighted by Gasteiger charge is 2.30. The van der Waals surface area contributed by atoms with Crippen molar-refractivity contribution < 1.29 is 37.5 Å². The number of carbonyl (C=O) groups is 6. The second-order valence-electron chi connectivity index (χ2n) is 18.6. The number of amides is 6. The van der Waals surface area contributed by atoms with Gasteiger partial charge in [0.25, 0.3) is 23.6 Å². The fourth-order valence-electron chi connectivity index (χ4n) is 8.97. The van der Waals surface area contributed by atoms with Crippen LogP contribution in [0.3, 0.4) is 0 Å². The molecule has 2 aliphatic heterocycles. The number of nitrogens with one attached hydrogen (secondary N) is 4. The predicted octanol–water partition coefficient (Wildman–Crippen LogP) is 8.33. The molecule has 0 aliphatic carbocycles. The van der Waals surface area contributed by atoms with E-state index in [0.717, 1.165) is 55.6 Å². The maximum absolute atomic E-state index is 13.7. The normalized spacial score (nSPS) is 12.5. The molecular formula is C58H58F2N6O6. The molecule has 0 fully saturated rings. The molecule has 0 unspecified atom stereocenters. The van der Waals surface area contributed by atoms with Gasteiger partial charge in [-0.1, -0.05) is 83.9 Å². The van der Waals surface area contributed by atoms with Crippen LogP contribution in [0.2, 0.25) is 0 Å². The first kappa shape index (κ1) is 50.4. The summed E-state index contributed by atoms with van der Waals surface area (Å²) in [6.07, 6.45) is 2.24. The molecule has 0 saturated heterocycles. The number of hydrogen-bond acceptors (Lipinski definition) is 6. The molecule has 0 bridgehead atoms. The Bertz CT molecular complexity index is 2780. The molecule has 0 aromatic heterocycles. The lowest BCUT2D eigenvalue weighted by molar-refractivity contribution is -0.133. The molecule has 0 atom stereocenters. The van der Waals surface area contributed by atoms with Crippen molar-refractivity contribution in [3.63, 3.8) is 0 Å². The predicted molar refractivity (Wildman–Crippen MR) is 269 cm³/mol. The van der Waals surface area contributed by atoms with E-state index < -0.39 is 23.6 Å². The van der Waals surface area contributed by atoms with Crippen LogP contribution in [0.25, 0.3) is 0 Å². The summed E-state index contributed by atoms with van der Waals surface area (Å²) in [7, 11) is 0. The van der Waals surface area contributed by atoms with Gasteiger partial charge in [0.15, 0.2) is 0 Å². The van der Waals surface area contributed by atoms with Crippen molar-refractivity contribution in [2.24, 2.45) is 0 Å². The number of nitrogens with zero attached hydrogens (tertiary/aromatic N) is 2. The Morgan fingerprint density at radius 1 is 0.417 bits per heavy atom. The van der Waals surface area contributed by atoms with Crippen LogP contribution in [0, 0.1) is 25.5 Å². The quantitative estimate of drug-likeness (QED) is 0.0599. The van der Waals surface area contributed by atoms with Gasteiger partial charge in [-0.2, -0.15) is 0 Å². The molecule has 6 amide bonds. The molecule has 0 radical (unpaired) electrons. The highest BCUT2D eigenvalue weighted by molar-refractivity contribution is 6.08. The van der Waals surface area contributed by atoms with Crippen LogP contribution in [-0.2, 0) is 61.7 Å². The fraction of sp³-hybridized carbons (Fsp3) is 0.276. The molecule has 0 spiro atoms. The summed E-state index contributed by atoms with van der Waals surface area (Å²) in [5, 5.41) is 11.7. The molecular weight excluding hydrogens is 915 g/mol. The van der Waals surface area contributed by atoms with E-state index >= 15 is 0 Å². The summed E-state index contributed by atoms with van der Waals surface area (Å²) >= 11 is 0. The minimum Gasteiger partial charge on any atom is -0.352 e. The lowest BCUT2D eigenvalue weighted by atomic mass is 9.98. The first-order chi connectivity index (χ1) is 34.8. The Morgan fingerprint density at radius 3 is 1.03 bits per heavy atom. The second-order valence-corrected chi connectivity index (χ2v) is 18.6. The Balaban J connectivity index is 0.863. The van der Waals surface area contributed by atoms with Crippen LogP contribution in [0.1, 0.15) is 123 Å². The van der Waals surface area contributed by atoms with E-state index in [9.17, 15) is 37.5 Å². The van der Waals surface area contributed by atoms with Gasteiger partial charge in [-0.05, 0) is 133 Å². The summed E-state index contributed by atoms with van der Waals surface area (Å²) in [6, 6.07) is 34.4. The largest absolute Gasteiger partial charge is 0.352 e. The van der Waals surface area contributed by atoms with Crippen molar-refractivity contribution in [1.82, 2.24) is 31.1 Å². The maximum Gasteiger partial charge on any atom is 0.252 e. The van der Waals surface area contributed by atoms with Crippen molar-refractivity contribution in [1.29, 1.82) is 0 Å². The van der Waals surface area contributed by atoms with Gasteiger partial charge in [-0.3, -0.25) is 28.8 Å². The maximum atomic E-state index is 13.7. The first-order valence-corrected chi connectivity index (χ1v) is 24.4. The number of hydrogen-bond donors (Lipinski definition) is 4. The lowest BCUT2D eigenvalue weighted by Gasteiger charge is -2.16. The van der Waals surface area contributed by atoms with Crippen LogP contribution in [-0.4, -0.2) is 58.3 Å². The molecule has 2 heterocycles. The number of halogens is 2. The van der Waals surface area contributed by atoms with E-state index in [1.165, 1.54) is 24.3 Å². The zero-order valence-electron chi connectivity index (χ0n) is 40.5. The minimum atomic E-state index is -0.434. The monoisotopic (exact) mass is 972 g/mol. The molecule has 0 saturated carbocycles. The molecule has 6 aromatic carbocycles. The minimum absolute atomic E-state index is 0.112. The van der Waals surface area contributed by atoms with Crippen molar-refractivity contribution in [2.75, 3.05) is 13.1 Å². The smallest absolute Gasteiger partial charge is 0.252 e. The number of rotatable bonds is 19. The fourth-order valence-corrected chi connectivity index (χ4v) is 8.97. The van der Waals surface area contributed by atoms with Gasteiger partial charge in [0.2, 0.25) is 11.8 Å². The van der Waals surface area contributed by atoms with E-state index in [-0.39, 0.29) is 111 Å². The summed E-state index contributed by atoms with van der Waals surface area (Å²) in [5.41, 5.74) is 9.56. The summed E-state index contributed by atoms with van der Waals surface area (Å²) < 4.78 is 26.9. The van der Waals surface area contributed by atoms with Gasteiger partial charge in [0.05, 0.1) is 22.3 Å². The Morgan fingerprint density at radius 2 is 0.708 bits per heavy atom. The number of aryl methyl sites for hydroxylation is 2. The summed E-state index contributed by atoms with van der Waals surface area (Å²) in [5.74, 6) is -2.62. The molecule has 6 aromatic rings. The average molecular weight is 973 g/mol. The van der Waals surface area contributed by atoms with Crippen molar-refractivity contribution in [3.8, 4) is 0 Å². The second kappa shape index (κ2) is 23.3. The van der Waals surface area contributed by atoms with Crippen molar-refractivity contribution in [3.05, 3.63) is 211 Å². The number of benzene rings is 6. The van der Waals surface area contributed by atoms with Gasteiger partial charge < -0.3 is 31.1 Å². The third-order valence-electron chi connectivity index (χ3n) is 13.2. The van der Waals surface area contributed by atoms with Gasteiger partial charge in [-0.15, -0.1) is 0 Å². The topological polar surface area (TPSA) is 157 Å². The van der Waals surface area contributed by atoms with E-state index in [1.807, 2.05) is 62.4 Å². The van der Waals surface area contributed by atoms with Crippen LogP contribution in [0.15, 0.2) is 121 Å². The average Bonchev–Trinajstić information content (AvgIpc) is 4.01. The highest BCUT2D eigenvalue weighted by Crippen LogP contribution is 2.30. The van der Waals surface area contributed by atoms with Gasteiger partial charge in [0, 0.05) is 65.2 Å². The molecule has 14 heteroatoms. The molecule has 2 aliphatic rings. The van der Waals surface area contributed by atoms with E-state index in [1.54, 1.807) is 58.3 Å². The summed E-state index contributed by atoms with van der Waals surface area (Å²) in [4.78, 5) is 85.4. The first-order valence-electron chi connectivity index (χ1n) is 24.4. The Hall–Kier alpha value is -8.00. The van der Waals surface area contributed by atoms with Gasteiger partial charge in [-0.25, -0.2) is 8.78 Å². The SMILES string of the molecule is Cc1ccc(CNC(=O)c2cc3c(cc2C(=O)NCCc2ccc(F)cc2)CN(C(=O)CCCCC(=O)N2Cc4cc(C(=O)NCCc5ccc(F)cc5)c(C(=O)NCc5ccc(C)cc5)cc4C2)C3)cc1. The molecule has 370 valence electrons. The van der Waals surface area contributed by atoms with Gasteiger partial charge in [0.1, 0.15) is 11.6 Å². The number of fused-ring (bicyclic) bond motifs is 2. The number of unbranched alkanes of at least 4 members (excludes halogenated alkanes) is 1. The molecule has 72 heavy (non-hydrogen) atoms. The van der Waals surface area contributed by atoms with Crippen LogP contribution >= 0.6 is 0 Å². The lowest BCUT2D eigenvalue weighted by Crippen LogP contribution is -2.30. The molecule has 8 rings (SSSR count). The molecule has 12 nitrogen and oxygen atoms in total. The Kier molecular flexibility index (Phi) is 16.3. The van der Waals surface area contributed by atoms with Crippen LogP contribution in [0.4, 0.5) is 8.78 Å². The zero-order valence-corrected chi connectivity index (χ0v) is 40.5. The van der Waals surface area contributed by atoms with Crippen LogP contribution < -0.4 is 21.3 Å². The van der Waals surface area contributed by atoms with E-state index in [4.69, 9.17) is 0 Å². The Labute approximate surface area is 418 Å². The van der Waals surface area contributed by atoms with Crippen molar-refractivity contribution >= 4 is 35.4 Å². The van der Waals surface area contributed by atoms with Crippen LogP contribution in [0.5, 0.6) is 0 Å². The standard InChI is InChI=1S/C58H58F2N6O6/c1-37-7-11-41(12-8-37)31-63-57(71)51-29-45-35-65(33-43(45)27-49(51)55(69)61-25-23-39-15-19-47(59)20-16-39)53(67)5-3-4-6-54(68)66-34-44-28-50(56(70)62-26-24-40-17-21-48(60)22-18-40)52(30-46(44)36-66)58(72)64-32-42-13-9-38(2)10-14-42/h7-22,27-30H,3-6,23-26,31-36H2,1-2H3,(H,61,69)(H,62,70)(H,63,71)(H,64,72). The van der Waals surface area contributed by atoms with Gasteiger partial charge >= 0.3 is 0 Å². The van der Waals surface area contributed by atoms with E-state index in [0.29, 0.717) is 25.7 Å². The third kappa shape index (κ3) is 13.0.